The van der Waals surface area contributed by atoms with Crippen LogP contribution < -0.4 is 5.73 Å². The fourth-order valence-corrected chi connectivity index (χ4v) is 1.26. The van der Waals surface area contributed by atoms with E-state index < -0.39 is 5.82 Å². The summed E-state index contributed by atoms with van der Waals surface area (Å²) in [7, 11) is 0. The summed E-state index contributed by atoms with van der Waals surface area (Å²) >= 11 is 4.06. The topological polar surface area (TPSA) is 26.0 Å². The molecule has 1 nitrogen and oxygen atoms in total. The van der Waals surface area contributed by atoms with Crippen molar-refractivity contribution in [2.45, 2.75) is 18.2 Å². The Bertz CT molecular complexity index is 334. The Morgan fingerprint density at radius 2 is 2.23 bits per heavy atom. The third-order valence-corrected chi connectivity index (χ3v) is 1.94. The van der Waals surface area contributed by atoms with Gasteiger partial charge in [-0.05, 0) is 18.6 Å². The van der Waals surface area contributed by atoms with Crippen molar-refractivity contribution in [1.82, 2.24) is 0 Å². The largest absolute Gasteiger partial charge is 0.396 e. The highest BCUT2D eigenvalue weighted by atomic mass is 32.1. The number of nitrogen functional groups attached to an aromatic ring is 1. The van der Waals surface area contributed by atoms with Crippen molar-refractivity contribution in [1.29, 1.82) is 0 Å². The highest BCUT2D eigenvalue weighted by Gasteiger charge is 2.03. The Labute approximate surface area is 82.9 Å². The second-order valence-electron chi connectivity index (χ2n) is 2.74. The number of hydrogen-bond donors (Lipinski definition) is 2. The lowest BCUT2D eigenvalue weighted by atomic mass is 10.1. The molecule has 70 valence electrons. The molecule has 0 bridgehead atoms. The van der Waals surface area contributed by atoms with Gasteiger partial charge in [-0.3, -0.25) is 0 Å². The zero-order valence-corrected chi connectivity index (χ0v) is 8.31. The zero-order chi connectivity index (χ0) is 9.84. The minimum Gasteiger partial charge on any atom is -0.396 e. The standard InChI is InChI=1S/C10H12FNS/c1-2-3-4-7-5-8(13)6-9(11)10(7)12/h3-6,13H,2,12H2,1H3/b4-3-. The van der Waals surface area contributed by atoms with Crippen LogP contribution in [0, 0.1) is 5.82 Å². The Hall–Kier alpha value is -0.960. The van der Waals surface area contributed by atoms with Crippen molar-refractivity contribution in [3.8, 4) is 0 Å². The van der Waals surface area contributed by atoms with Crippen LogP contribution in [-0.2, 0) is 0 Å². The minimum atomic E-state index is -0.414. The average molecular weight is 197 g/mol. The molecule has 0 spiro atoms. The van der Waals surface area contributed by atoms with E-state index in [4.69, 9.17) is 5.73 Å². The van der Waals surface area contributed by atoms with Gasteiger partial charge in [0, 0.05) is 10.5 Å². The van der Waals surface area contributed by atoms with Gasteiger partial charge in [0.2, 0.25) is 0 Å². The molecule has 0 amide bonds. The van der Waals surface area contributed by atoms with E-state index in [-0.39, 0.29) is 5.69 Å². The van der Waals surface area contributed by atoms with Crippen LogP contribution in [0.2, 0.25) is 0 Å². The fraction of sp³-hybridized carbons (Fsp3) is 0.200. The van der Waals surface area contributed by atoms with Gasteiger partial charge in [0.25, 0.3) is 0 Å². The molecular weight excluding hydrogens is 185 g/mol. The van der Waals surface area contributed by atoms with Crippen LogP contribution in [0.4, 0.5) is 10.1 Å². The van der Waals surface area contributed by atoms with Gasteiger partial charge < -0.3 is 5.73 Å². The summed E-state index contributed by atoms with van der Waals surface area (Å²) in [5.74, 6) is -0.414. The maximum atomic E-state index is 13.1. The van der Waals surface area contributed by atoms with E-state index in [2.05, 4.69) is 12.6 Å². The molecule has 0 aromatic heterocycles. The molecular formula is C10H12FNS. The summed E-state index contributed by atoms with van der Waals surface area (Å²) in [5.41, 5.74) is 6.40. The predicted octanol–water partition coefficient (Wildman–Crippen LogP) is 3.12. The second kappa shape index (κ2) is 4.33. The highest BCUT2D eigenvalue weighted by molar-refractivity contribution is 7.80. The van der Waals surface area contributed by atoms with E-state index in [9.17, 15) is 4.39 Å². The van der Waals surface area contributed by atoms with Crippen LogP contribution in [0.1, 0.15) is 18.9 Å². The number of thiol groups is 1. The first-order valence-corrected chi connectivity index (χ1v) is 4.54. The molecule has 0 atom stereocenters. The van der Waals surface area contributed by atoms with E-state index in [1.165, 1.54) is 6.07 Å². The molecule has 2 N–H and O–H groups in total. The fourth-order valence-electron chi connectivity index (χ4n) is 1.01. The number of allylic oxidation sites excluding steroid dienone is 1. The van der Waals surface area contributed by atoms with Crippen LogP contribution >= 0.6 is 12.6 Å². The van der Waals surface area contributed by atoms with Crippen LogP contribution in [0.25, 0.3) is 6.08 Å². The number of halogens is 1. The Morgan fingerprint density at radius 1 is 1.54 bits per heavy atom. The van der Waals surface area contributed by atoms with Crippen LogP contribution in [0.3, 0.4) is 0 Å². The molecule has 0 fully saturated rings. The summed E-state index contributed by atoms with van der Waals surface area (Å²) in [6.07, 6.45) is 4.63. The lowest BCUT2D eigenvalue weighted by Crippen LogP contribution is -1.94. The molecule has 3 heteroatoms. The second-order valence-corrected chi connectivity index (χ2v) is 3.26. The molecule has 0 aliphatic heterocycles. The molecule has 0 saturated carbocycles. The van der Waals surface area contributed by atoms with Crippen molar-refractivity contribution in [3.05, 3.63) is 29.6 Å². The van der Waals surface area contributed by atoms with Gasteiger partial charge in [0.15, 0.2) is 0 Å². The normalized spacial score (nSPS) is 11.0. The van der Waals surface area contributed by atoms with Gasteiger partial charge in [-0.1, -0.05) is 19.1 Å². The van der Waals surface area contributed by atoms with E-state index in [0.29, 0.717) is 10.5 Å². The molecule has 0 aliphatic rings. The minimum absolute atomic E-state index is 0.183. The van der Waals surface area contributed by atoms with Crippen molar-refractivity contribution < 1.29 is 4.39 Å². The third-order valence-electron chi connectivity index (χ3n) is 1.68. The van der Waals surface area contributed by atoms with Crippen LogP contribution in [0.15, 0.2) is 23.1 Å². The smallest absolute Gasteiger partial charge is 0.147 e. The average Bonchev–Trinajstić information content (AvgIpc) is 2.09. The first-order chi connectivity index (χ1) is 6.15. The van der Waals surface area contributed by atoms with Crippen molar-refractivity contribution >= 4 is 24.4 Å². The summed E-state index contributed by atoms with van der Waals surface area (Å²) < 4.78 is 13.1. The molecule has 0 aliphatic carbocycles. The summed E-state index contributed by atoms with van der Waals surface area (Å²) in [4.78, 5) is 0.586. The van der Waals surface area contributed by atoms with Gasteiger partial charge in [0.1, 0.15) is 5.82 Å². The Balaban J connectivity index is 3.12. The summed E-state index contributed by atoms with van der Waals surface area (Å²) in [5, 5.41) is 0. The first-order valence-electron chi connectivity index (χ1n) is 4.09. The molecule has 1 rings (SSSR count). The number of hydrogen-bond acceptors (Lipinski definition) is 2. The number of anilines is 1. The van der Waals surface area contributed by atoms with Crippen molar-refractivity contribution in [3.63, 3.8) is 0 Å². The Morgan fingerprint density at radius 3 is 2.85 bits per heavy atom. The molecule has 13 heavy (non-hydrogen) atoms. The van der Waals surface area contributed by atoms with Gasteiger partial charge in [-0.15, -0.1) is 12.6 Å². The van der Waals surface area contributed by atoms with Gasteiger partial charge in [-0.2, -0.15) is 0 Å². The molecule has 0 radical (unpaired) electrons. The highest BCUT2D eigenvalue weighted by Crippen LogP contribution is 2.22. The van der Waals surface area contributed by atoms with E-state index >= 15 is 0 Å². The predicted molar refractivity (Wildman–Crippen MR) is 57.4 cm³/mol. The number of benzene rings is 1. The number of nitrogens with two attached hydrogens (primary N) is 1. The van der Waals surface area contributed by atoms with E-state index in [0.717, 1.165) is 6.42 Å². The lowest BCUT2D eigenvalue weighted by Gasteiger charge is -2.02. The van der Waals surface area contributed by atoms with Crippen LogP contribution in [0.5, 0.6) is 0 Å². The Kier molecular flexibility index (Phi) is 3.37. The van der Waals surface area contributed by atoms with Gasteiger partial charge >= 0.3 is 0 Å². The maximum Gasteiger partial charge on any atom is 0.147 e. The van der Waals surface area contributed by atoms with Crippen molar-refractivity contribution in [2.24, 2.45) is 0 Å². The maximum absolute atomic E-state index is 13.1. The van der Waals surface area contributed by atoms with Gasteiger partial charge in [-0.25, -0.2) is 4.39 Å². The SMILES string of the molecule is CC/C=C\c1cc(S)cc(F)c1N. The van der Waals surface area contributed by atoms with Crippen LogP contribution in [-0.4, -0.2) is 0 Å². The lowest BCUT2D eigenvalue weighted by molar-refractivity contribution is 0.629. The molecule has 1 aromatic carbocycles. The molecule has 1 aromatic rings. The molecule has 0 heterocycles. The molecule has 0 saturated heterocycles. The zero-order valence-electron chi connectivity index (χ0n) is 7.42. The third kappa shape index (κ3) is 2.49. The van der Waals surface area contributed by atoms with E-state index in [1.54, 1.807) is 12.1 Å². The molecule has 0 unspecified atom stereocenters. The monoisotopic (exact) mass is 197 g/mol. The summed E-state index contributed by atoms with van der Waals surface area (Å²) in [6.45, 7) is 2.01. The van der Waals surface area contributed by atoms with Crippen molar-refractivity contribution in [2.75, 3.05) is 5.73 Å². The quantitative estimate of drug-likeness (QED) is 0.553. The van der Waals surface area contributed by atoms with E-state index in [1.807, 2.05) is 13.0 Å². The summed E-state index contributed by atoms with van der Waals surface area (Å²) in [6, 6.07) is 3.05. The number of rotatable bonds is 2. The van der Waals surface area contributed by atoms with Gasteiger partial charge in [0.05, 0.1) is 5.69 Å². The first kappa shape index (κ1) is 10.1.